The largest absolute Gasteiger partial charge is 0.457 e. The van der Waals surface area contributed by atoms with Crippen molar-refractivity contribution >= 4 is 50.1 Å². The fraction of sp³-hybridized carbons (Fsp3) is 0.120. The molecule has 34 heavy (non-hydrogen) atoms. The number of ether oxygens (including phenoxy) is 1. The van der Waals surface area contributed by atoms with Crippen molar-refractivity contribution in [3.05, 3.63) is 87.2 Å². The predicted molar refractivity (Wildman–Crippen MR) is 130 cm³/mol. The summed E-state index contributed by atoms with van der Waals surface area (Å²) in [5.41, 5.74) is 2.47. The molecule has 170 valence electrons. The van der Waals surface area contributed by atoms with E-state index < -0.39 is 11.6 Å². The molecule has 0 fully saturated rings. The first-order valence-electron chi connectivity index (χ1n) is 10.4. The highest BCUT2D eigenvalue weighted by Crippen LogP contribution is 2.31. The Morgan fingerprint density at radius 1 is 1.09 bits per heavy atom. The smallest absolute Gasteiger partial charge is 0.348 e. The summed E-state index contributed by atoms with van der Waals surface area (Å²) >= 11 is 1.30. The molecule has 5 aromatic rings. The monoisotopic (exact) mass is 473 g/mol. The summed E-state index contributed by atoms with van der Waals surface area (Å²) in [5.74, 6) is -0.725. The van der Waals surface area contributed by atoms with Gasteiger partial charge >= 0.3 is 11.6 Å². The Hall–Kier alpha value is -4.24. The third-order valence-electron chi connectivity index (χ3n) is 5.26. The fourth-order valence-electron chi connectivity index (χ4n) is 3.74. The minimum absolute atomic E-state index is 0.0988. The normalized spacial score (nSPS) is 11.1. The van der Waals surface area contributed by atoms with Gasteiger partial charge in [-0.15, -0.1) is 11.3 Å². The molecule has 0 radical (unpaired) electrons. The van der Waals surface area contributed by atoms with Gasteiger partial charge in [0, 0.05) is 41.1 Å². The number of fused-ring (bicyclic) bond motifs is 2. The maximum Gasteiger partial charge on any atom is 0.348 e. The minimum atomic E-state index is -0.570. The molecule has 1 N–H and O–H groups in total. The molecule has 8 nitrogen and oxygen atoms in total. The van der Waals surface area contributed by atoms with E-state index in [0.29, 0.717) is 27.1 Å². The van der Waals surface area contributed by atoms with Gasteiger partial charge in [-0.2, -0.15) is 5.10 Å². The molecular formula is C25H19N3O5S. The quantitative estimate of drug-likeness (QED) is 0.290. The first kappa shape index (κ1) is 21.6. The zero-order chi connectivity index (χ0) is 23.8. The molecule has 1 amide bonds. The summed E-state index contributed by atoms with van der Waals surface area (Å²) in [4.78, 5) is 37.5. The molecule has 0 bridgehead atoms. The summed E-state index contributed by atoms with van der Waals surface area (Å²) in [6.45, 7) is 3.19. The Bertz CT molecular complexity index is 1610. The third kappa shape index (κ3) is 4.08. The van der Waals surface area contributed by atoms with Gasteiger partial charge in [0.1, 0.15) is 21.9 Å². The van der Waals surface area contributed by atoms with Crippen LogP contribution in [0, 0.1) is 6.92 Å². The Morgan fingerprint density at radius 3 is 2.65 bits per heavy atom. The lowest BCUT2D eigenvalue weighted by atomic mass is 10.1. The summed E-state index contributed by atoms with van der Waals surface area (Å²) in [6.07, 6.45) is 0. The van der Waals surface area contributed by atoms with Gasteiger partial charge < -0.3 is 14.5 Å². The number of hydrogen-bond acceptors (Lipinski definition) is 7. The first-order valence-corrected chi connectivity index (χ1v) is 11.3. The number of benzene rings is 2. The van der Waals surface area contributed by atoms with Crippen molar-refractivity contribution in [3.8, 4) is 5.69 Å². The number of amides is 1. The Morgan fingerprint density at radius 2 is 1.88 bits per heavy atom. The second-order valence-corrected chi connectivity index (χ2v) is 8.75. The highest BCUT2D eigenvalue weighted by molar-refractivity contribution is 7.20. The lowest BCUT2D eigenvalue weighted by molar-refractivity contribution is -0.114. The second kappa shape index (κ2) is 8.60. The van der Waals surface area contributed by atoms with Crippen molar-refractivity contribution in [2.45, 2.75) is 20.5 Å². The number of esters is 1. The van der Waals surface area contributed by atoms with Crippen molar-refractivity contribution in [1.82, 2.24) is 9.78 Å². The van der Waals surface area contributed by atoms with Crippen LogP contribution in [0.4, 0.5) is 5.69 Å². The van der Waals surface area contributed by atoms with Crippen molar-refractivity contribution in [1.29, 1.82) is 0 Å². The molecule has 0 saturated heterocycles. The molecule has 0 spiro atoms. The van der Waals surface area contributed by atoms with Crippen LogP contribution in [0.1, 0.15) is 27.9 Å². The van der Waals surface area contributed by atoms with Crippen LogP contribution in [0.15, 0.2) is 69.9 Å². The number of rotatable bonds is 5. The van der Waals surface area contributed by atoms with Gasteiger partial charge in [0.15, 0.2) is 0 Å². The van der Waals surface area contributed by atoms with Crippen LogP contribution >= 0.6 is 11.3 Å². The summed E-state index contributed by atoms with van der Waals surface area (Å²) in [7, 11) is 0. The number of carbonyl (C=O) groups excluding carboxylic acids is 2. The highest BCUT2D eigenvalue weighted by Gasteiger charge is 2.19. The lowest BCUT2D eigenvalue weighted by Crippen LogP contribution is -2.08. The van der Waals surface area contributed by atoms with Crippen LogP contribution in [-0.2, 0) is 16.1 Å². The molecular weight excluding hydrogens is 454 g/mol. The number of thiophene rings is 1. The van der Waals surface area contributed by atoms with Gasteiger partial charge in [0.05, 0.1) is 11.4 Å². The van der Waals surface area contributed by atoms with Crippen LogP contribution in [0.5, 0.6) is 0 Å². The number of anilines is 1. The van der Waals surface area contributed by atoms with Gasteiger partial charge in [-0.1, -0.05) is 18.2 Å². The molecule has 5 rings (SSSR count). The van der Waals surface area contributed by atoms with Gasteiger partial charge in [-0.05, 0) is 37.3 Å². The standard InChI is InChI=1S/C25H19N3O5S/c1-14-20-12-22(34-24(20)28(27-14)18-6-4-3-5-7-18)25(31)32-13-16-10-23(30)33-21-11-17(26-15(2)29)8-9-19(16)21/h3-12H,13H2,1-2H3,(H,26,29). The number of nitrogens with zero attached hydrogens (tertiary/aromatic N) is 2. The molecule has 9 heteroatoms. The topological polar surface area (TPSA) is 103 Å². The predicted octanol–water partition coefficient (Wildman–Crippen LogP) is 4.82. The van der Waals surface area contributed by atoms with Crippen molar-refractivity contribution in [3.63, 3.8) is 0 Å². The van der Waals surface area contributed by atoms with Gasteiger partial charge in [-0.3, -0.25) is 4.79 Å². The molecule has 3 heterocycles. The van der Waals surface area contributed by atoms with E-state index in [-0.39, 0.29) is 12.5 Å². The van der Waals surface area contributed by atoms with E-state index in [9.17, 15) is 14.4 Å². The second-order valence-electron chi connectivity index (χ2n) is 7.72. The molecule has 0 aliphatic rings. The zero-order valence-corrected chi connectivity index (χ0v) is 19.1. The van der Waals surface area contributed by atoms with Crippen LogP contribution in [0.2, 0.25) is 0 Å². The van der Waals surface area contributed by atoms with E-state index >= 15 is 0 Å². The average molecular weight is 474 g/mol. The molecule has 0 atom stereocenters. The van der Waals surface area contributed by atoms with Crippen molar-refractivity contribution < 1.29 is 18.7 Å². The van der Waals surface area contributed by atoms with Crippen LogP contribution < -0.4 is 10.9 Å². The molecule has 3 aromatic heterocycles. The van der Waals surface area contributed by atoms with E-state index in [1.54, 1.807) is 24.3 Å². The maximum atomic E-state index is 12.9. The molecule has 0 aliphatic heterocycles. The number of hydrogen-bond donors (Lipinski definition) is 1. The number of aryl methyl sites for hydroxylation is 1. The highest BCUT2D eigenvalue weighted by atomic mass is 32.1. The van der Waals surface area contributed by atoms with E-state index in [1.165, 1.54) is 24.3 Å². The molecule has 0 aliphatic carbocycles. The van der Waals surface area contributed by atoms with Crippen LogP contribution in [0.25, 0.3) is 26.9 Å². The van der Waals surface area contributed by atoms with Crippen molar-refractivity contribution in [2.75, 3.05) is 5.32 Å². The van der Waals surface area contributed by atoms with E-state index in [1.807, 2.05) is 41.9 Å². The summed E-state index contributed by atoms with van der Waals surface area (Å²) in [6, 6.07) is 17.7. The van der Waals surface area contributed by atoms with Gasteiger partial charge in [0.25, 0.3) is 0 Å². The fourth-order valence-corrected chi connectivity index (χ4v) is 4.81. The van der Waals surface area contributed by atoms with Crippen LogP contribution in [0.3, 0.4) is 0 Å². The van der Waals surface area contributed by atoms with Crippen LogP contribution in [-0.4, -0.2) is 21.7 Å². The molecule has 2 aromatic carbocycles. The number of para-hydroxylation sites is 1. The number of carbonyl (C=O) groups is 2. The Labute approximate surface area is 197 Å². The SMILES string of the molecule is CC(=O)Nc1ccc2c(COC(=O)c3cc4c(C)nn(-c5ccccc5)c4s3)cc(=O)oc2c1. The zero-order valence-electron chi connectivity index (χ0n) is 18.3. The lowest BCUT2D eigenvalue weighted by Gasteiger charge is -2.08. The first-order chi connectivity index (χ1) is 16.4. The van der Waals surface area contributed by atoms with E-state index in [2.05, 4.69) is 10.4 Å². The molecule has 0 unspecified atom stereocenters. The average Bonchev–Trinajstić information content (AvgIpc) is 3.38. The Balaban J connectivity index is 1.41. The third-order valence-corrected chi connectivity index (χ3v) is 6.35. The minimum Gasteiger partial charge on any atom is -0.457 e. The number of aromatic nitrogens is 2. The van der Waals surface area contributed by atoms with Gasteiger partial charge in [0.2, 0.25) is 5.91 Å². The van der Waals surface area contributed by atoms with Gasteiger partial charge in [-0.25, -0.2) is 14.3 Å². The maximum absolute atomic E-state index is 12.9. The number of nitrogens with one attached hydrogen (secondary N) is 1. The van der Waals surface area contributed by atoms with E-state index in [4.69, 9.17) is 9.15 Å². The Kier molecular flexibility index (Phi) is 5.46. The van der Waals surface area contributed by atoms with E-state index in [0.717, 1.165) is 21.6 Å². The summed E-state index contributed by atoms with van der Waals surface area (Å²) < 4.78 is 12.6. The summed E-state index contributed by atoms with van der Waals surface area (Å²) in [5, 5.41) is 8.74. The van der Waals surface area contributed by atoms with Crippen molar-refractivity contribution in [2.24, 2.45) is 0 Å². The molecule has 0 saturated carbocycles.